The summed E-state index contributed by atoms with van der Waals surface area (Å²) in [4.78, 5) is 24.2. The zero-order chi connectivity index (χ0) is 22.7. The number of rotatable bonds is 7. The number of benzene rings is 1. The number of carbonyl (C=O) groups is 1. The van der Waals surface area contributed by atoms with Crippen LogP contribution in [0.1, 0.15) is 82.2 Å². The van der Waals surface area contributed by atoms with Crippen molar-refractivity contribution >= 4 is 17.4 Å². The summed E-state index contributed by atoms with van der Waals surface area (Å²) in [6.45, 7) is 7.03. The number of aromatic nitrogens is 2. The number of nitrogens with one attached hydrogen (secondary N) is 1. The van der Waals surface area contributed by atoms with E-state index in [2.05, 4.69) is 53.1 Å². The Labute approximate surface area is 192 Å². The predicted octanol–water partition coefficient (Wildman–Crippen LogP) is 4.91. The lowest BCUT2D eigenvalue weighted by atomic mass is 9.82. The zero-order valence-electron chi connectivity index (χ0n) is 19.7. The molecule has 0 saturated carbocycles. The molecule has 1 fully saturated rings. The number of nitrogens with two attached hydrogens (primary N) is 1. The number of nitrogen functional groups attached to an aromatic ring is 1. The number of hydrogen-bond acceptors (Lipinski definition) is 5. The SMILES string of the molecule is CCCCC(c1cccc2c1CC(Cc1cncc(N)n1)C(=O)N2)N1C(C)CCCC1C. The Morgan fingerprint density at radius 3 is 2.72 bits per heavy atom. The van der Waals surface area contributed by atoms with Crippen LogP contribution in [0.2, 0.25) is 0 Å². The van der Waals surface area contributed by atoms with Crippen molar-refractivity contribution in [1.29, 1.82) is 0 Å². The van der Waals surface area contributed by atoms with Gasteiger partial charge < -0.3 is 11.1 Å². The van der Waals surface area contributed by atoms with Gasteiger partial charge in [-0.25, -0.2) is 4.98 Å². The first-order chi connectivity index (χ1) is 15.5. The summed E-state index contributed by atoms with van der Waals surface area (Å²) in [7, 11) is 0. The van der Waals surface area contributed by atoms with Crippen LogP contribution in [0.25, 0.3) is 0 Å². The second-order valence-electron chi connectivity index (χ2n) is 9.64. The van der Waals surface area contributed by atoms with Crippen molar-refractivity contribution < 1.29 is 4.79 Å². The number of fused-ring (bicyclic) bond motifs is 1. The quantitative estimate of drug-likeness (QED) is 0.646. The molecule has 1 amide bonds. The molecule has 2 aromatic rings. The molecule has 3 heterocycles. The van der Waals surface area contributed by atoms with Gasteiger partial charge in [-0.2, -0.15) is 0 Å². The Morgan fingerprint density at radius 2 is 2.00 bits per heavy atom. The van der Waals surface area contributed by atoms with E-state index in [1.165, 1.54) is 49.4 Å². The fourth-order valence-corrected chi connectivity index (χ4v) is 5.69. The lowest BCUT2D eigenvalue weighted by molar-refractivity contribution is -0.120. The van der Waals surface area contributed by atoms with Crippen molar-refractivity contribution in [1.82, 2.24) is 14.9 Å². The van der Waals surface area contributed by atoms with Gasteiger partial charge in [0.15, 0.2) is 0 Å². The Kier molecular flexibility index (Phi) is 7.09. The average molecular weight is 436 g/mol. The van der Waals surface area contributed by atoms with Gasteiger partial charge in [-0.05, 0) is 56.7 Å². The fraction of sp³-hybridized carbons (Fsp3) is 0.577. The minimum atomic E-state index is -0.164. The standard InChI is InChI=1S/C26H37N5O/c1-4-5-12-24(31-17(2)8-6-9-18(31)3)21-10-7-11-23-22(21)14-19(26(32)30-23)13-20-15-28-16-25(27)29-20/h7,10-11,15-19,24H,4-6,8-9,12-14H2,1-3H3,(H2,27,29)(H,30,32). The van der Waals surface area contributed by atoms with Gasteiger partial charge in [-0.3, -0.25) is 14.7 Å². The highest BCUT2D eigenvalue weighted by molar-refractivity contribution is 5.96. The van der Waals surface area contributed by atoms with Crippen LogP contribution in [0.15, 0.2) is 30.6 Å². The molecule has 172 valence electrons. The molecule has 6 heteroatoms. The first-order valence-electron chi connectivity index (χ1n) is 12.2. The van der Waals surface area contributed by atoms with Crippen molar-refractivity contribution in [2.24, 2.45) is 5.92 Å². The van der Waals surface area contributed by atoms with E-state index in [4.69, 9.17) is 5.73 Å². The molecule has 0 aliphatic carbocycles. The Balaban J connectivity index is 1.66. The first kappa shape index (κ1) is 22.7. The van der Waals surface area contributed by atoms with E-state index < -0.39 is 0 Å². The Hall–Kier alpha value is -2.47. The van der Waals surface area contributed by atoms with Gasteiger partial charge in [-0.15, -0.1) is 0 Å². The molecule has 3 N–H and O–H groups in total. The van der Waals surface area contributed by atoms with Crippen LogP contribution < -0.4 is 11.1 Å². The maximum Gasteiger partial charge on any atom is 0.228 e. The molecule has 0 radical (unpaired) electrons. The molecule has 2 aliphatic rings. The number of piperidine rings is 1. The van der Waals surface area contributed by atoms with E-state index in [-0.39, 0.29) is 11.8 Å². The lowest BCUT2D eigenvalue weighted by Crippen LogP contribution is -2.46. The highest BCUT2D eigenvalue weighted by Crippen LogP contribution is 2.40. The molecule has 0 spiro atoms. The summed E-state index contributed by atoms with van der Waals surface area (Å²) in [5.41, 5.74) is 10.2. The minimum absolute atomic E-state index is 0.0590. The molecule has 4 unspecified atom stereocenters. The summed E-state index contributed by atoms with van der Waals surface area (Å²) in [6.07, 6.45) is 11.9. The molecule has 2 aliphatic heterocycles. The van der Waals surface area contributed by atoms with Crippen molar-refractivity contribution in [3.8, 4) is 0 Å². The smallest absolute Gasteiger partial charge is 0.228 e. The van der Waals surface area contributed by atoms with Crippen molar-refractivity contribution in [3.63, 3.8) is 0 Å². The molecule has 32 heavy (non-hydrogen) atoms. The summed E-state index contributed by atoms with van der Waals surface area (Å²) in [5.74, 6) is 0.291. The number of anilines is 2. The van der Waals surface area contributed by atoms with E-state index in [1.807, 2.05) is 6.07 Å². The highest BCUT2D eigenvalue weighted by atomic mass is 16.1. The van der Waals surface area contributed by atoms with Gasteiger partial charge in [0, 0.05) is 42.3 Å². The number of carbonyl (C=O) groups excluding carboxylic acids is 1. The summed E-state index contributed by atoms with van der Waals surface area (Å²) in [6, 6.07) is 7.99. The number of amides is 1. The first-order valence-corrected chi connectivity index (χ1v) is 12.2. The molecule has 4 atom stereocenters. The number of likely N-dealkylation sites (tertiary alicyclic amines) is 1. The van der Waals surface area contributed by atoms with Gasteiger partial charge in [0.25, 0.3) is 0 Å². The summed E-state index contributed by atoms with van der Waals surface area (Å²) < 4.78 is 0. The maximum atomic E-state index is 12.9. The second kappa shape index (κ2) is 9.99. The second-order valence-corrected chi connectivity index (χ2v) is 9.64. The molecule has 1 aromatic heterocycles. The van der Waals surface area contributed by atoms with E-state index in [9.17, 15) is 4.79 Å². The molecule has 6 nitrogen and oxygen atoms in total. The van der Waals surface area contributed by atoms with Gasteiger partial charge in [0.05, 0.1) is 11.9 Å². The van der Waals surface area contributed by atoms with Crippen LogP contribution in [0.3, 0.4) is 0 Å². The maximum absolute atomic E-state index is 12.9. The van der Waals surface area contributed by atoms with Crippen LogP contribution in [-0.4, -0.2) is 32.9 Å². The number of hydrogen-bond donors (Lipinski definition) is 2. The van der Waals surface area contributed by atoms with Gasteiger partial charge in [0.2, 0.25) is 5.91 Å². The van der Waals surface area contributed by atoms with E-state index in [1.54, 1.807) is 6.20 Å². The summed E-state index contributed by atoms with van der Waals surface area (Å²) >= 11 is 0. The van der Waals surface area contributed by atoms with Gasteiger partial charge in [-0.1, -0.05) is 38.3 Å². The highest BCUT2D eigenvalue weighted by Gasteiger charge is 2.35. The monoisotopic (exact) mass is 435 g/mol. The van der Waals surface area contributed by atoms with E-state index in [0.29, 0.717) is 30.4 Å². The van der Waals surface area contributed by atoms with Crippen molar-refractivity contribution in [3.05, 3.63) is 47.4 Å². The Bertz CT molecular complexity index is 936. The van der Waals surface area contributed by atoms with Crippen molar-refractivity contribution in [2.75, 3.05) is 11.1 Å². The fourth-order valence-electron chi connectivity index (χ4n) is 5.69. The lowest BCUT2D eigenvalue weighted by Gasteiger charge is -2.45. The van der Waals surface area contributed by atoms with Crippen LogP contribution in [0, 0.1) is 5.92 Å². The molecular weight excluding hydrogens is 398 g/mol. The van der Waals surface area contributed by atoms with Gasteiger partial charge >= 0.3 is 0 Å². The molecule has 4 rings (SSSR count). The largest absolute Gasteiger partial charge is 0.382 e. The number of unbranched alkanes of at least 4 members (excludes halogenated alkanes) is 1. The average Bonchev–Trinajstić information content (AvgIpc) is 2.76. The van der Waals surface area contributed by atoms with Crippen LogP contribution in [-0.2, 0) is 17.6 Å². The number of nitrogens with zero attached hydrogens (tertiary/aromatic N) is 3. The van der Waals surface area contributed by atoms with Crippen LogP contribution in [0.4, 0.5) is 11.5 Å². The Morgan fingerprint density at radius 1 is 1.22 bits per heavy atom. The molecule has 1 aromatic carbocycles. The zero-order valence-corrected chi connectivity index (χ0v) is 19.7. The third kappa shape index (κ3) is 4.80. The predicted molar refractivity (Wildman–Crippen MR) is 129 cm³/mol. The van der Waals surface area contributed by atoms with E-state index >= 15 is 0 Å². The third-order valence-corrected chi connectivity index (χ3v) is 7.26. The molecule has 0 bridgehead atoms. The molecule has 1 saturated heterocycles. The molecular formula is C26H37N5O. The topological polar surface area (TPSA) is 84.1 Å². The summed E-state index contributed by atoms with van der Waals surface area (Å²) in [5, 5.41) is 3.18. The van der Waals surface area contributed by atoms with E-state index in [0.717, 1.165) is 24.2 Å². The van der Waals surface area contributed by atoms with Crippen LogP contribution in [0.5, 0.6) is 0 Å². The van der Waals surface area contributed by atoms with Gasteiger partial charge in [0.1, 0.15) is 5.82 Å². The van der Waals surface area contributed by atoms with Crippen LogP contribution >= 0.6 is 0 Å². The normalized spacial score (nSPS) is 24.6. The van der Waals surface area contributed by atoms with Crippen molar-refractivity contribution in [2.45, 2.75) is 90.3 Å². The third-order valence-electron chi connectivity index (χ3n) is 7.26. The minimum Gasteiger partial charge on any atom is -0.382 e.